The molecule has 2 amide bonds. The average Bonchev–Trinajstić information content (AvgIpc) is 3.14. The van der Waals surface area contributed by atoms with E-state index in [9.17, 15) is 9.59 Å². The van der Waals surface area contributed by atoms with Crippen molar-refractivity contribution in [3.05, 3.63) is 48.4 Å². The van der Waals surface area contributed by atoms with Gasteiger partial charge in [0.25, 0.3) is 5.91 Å². The number of nitrogens with zero attached hydrogens (tertiary/aromatic N) is 5. The molecule has 0 saturated carbocycles. The van der Waals surface area contributed by atoms with Gasteiger partial charge in [-0.25, -0.2) is 4.98 Å². The van der Waals surface area contributed by atoms with Crippen LogP contribution in [0.2, 0.25) is 0 Å². The molecule has 0 radical (unpaired) electrons. The van der Waals surface area contributed by atoms with Gasteiger partial charge in [0.05, 0.1) is 6.54 Å². The van der Waals surface area contributed by atoms with Crippen LogP contribution in [0.3, 0.4) is 0 Å². The molecular formula is C18H21N5O2. The summed E-state index contributed by atoms with van der Waals surface area (Å²) >= 11 is 0. The number of rotatable bonds is 2. The number of carbonyl (C=O) groups is 2. The maximum atomic E-state index is 13.0. The number of hydrogen-bond donors (Lipinski definition) is 0. The molecule has 1 saturated heterocycles. The van der Waals surface area contributed by atoms with Crippen LogP contribution in [0, 0.1) is 0 Å². The molecule has 4 rings (SSSR count). The zero-order valence-corrected chi connectivity index (χ0v) is 14.2. The number of piperazine rings is 1. The fraction of sp³-hybridized carbons (Fsp3) is 0.389. The second-order valence-electron chi connectivity index (χ2n) is 6.48. The van der Waals surface area contributed by atoms with Gasteiger partial charge in [0, 0.05) is 45.6 Å². The monoisotopic (exact) mass is 339 g/mol. The van der Waals surface area contributed by atoms with Gasteiger partial charge in [-0.3, -0.25) is 9.59 Å². The van der Waals surface area contributed by atoms with Crippen LogP contribution in [0.15, 0.2) is 42.7 Å². The number of amides is 2. The van der Waals surface area contributed by atoms with E-state index in [4.69, 9.17) is 0 Å². The number of fused-ring (bicyclic) bond motifs is 1. The summed E-state index contributed by atoms with van der Waals surface area (Å²) in [5.41, 5.74) is 0.645. The van der Waals surface area contributed by atoms with E-state index in [1.54, 1.807) is 24.2 Å². The highest BCUT2D eigenvalue weighted by atomic mass is 16.2. The lowest BCUT2D eigenvalue weighted by Crippen LogP contribution is -2.58. The first-order valence-electron chi connectivity index (χ1n) is 8.52. The Labute approximate surface area is 146 Å². The van der Waals surface area contributed by atoms with Crippen molar-refractivity contribution in [2.45, 2.75) is 12.6 Å². The molecule has 1 fully saturated rings. The fourth-order valence-electron chi connectivity index (χ4n) is 3.55. The minimum Gasteiger partial charge on any atom is -0.353 e. The highest BCUT2D eigenvalue weighted by Gasteiger charge is 2.37. The van der Waals surface area contributed by atoms with Crippen LogP contribution >= 0.6 is 0 Å². The quantitative estimate of drug-likeness (QED) is 0.808. The topological polar surface area (TPSA) is 61.7 Å². The van der Waals surface area contributed by atoms with E-state index < -0.39 is 6.04 Å². The minimum absolute atomic E-state index is 0.0240. The summed E-state index contributed by atoms with van der Waals surface area (Å²) in [5, 5.41) is 0. The second-order valence-corrected chi connectivity index (χ2v) is 6.48. The van der Waals surface area contributed by atoms with E-state index in [1.807, 2.05) is 39.9 Å². The van der Waals surface area contributed by atoms with Gasteiger partial charge < -0.3 is 19.3 Å². The Hall–Kier alpha value is -2.83. The lowest BCUT2D eigenvalue weighted by atomic mass is 10.1. The Kier molecular flexibility index (Phi) is 3.91. The molecule has 2 aromatic heterocycles. The molecule has 1 unspecified atom stereocenters. The number of aromatic nitrogens is 2. The molecule has 7 heteroatoms. The summed E-state index contributed by atoms with van der Waals surface area (Å²) < 4.78 is 1.87. The Morgan fingerprint density at radius 1 is 1.12 bits per heavy atom. The van der Waals surface area contributed by atoms with E-state index in [1.165, 1.54) is 0 Å². The van der Waals surface area contributed by atoms with Gasteiger partial charge in [-0.2, -0.15) is 0 Å². The fourth-order valence-corrected chi connectivity index (χ4v) is 3.55. The zero-order chi connectivity index (χ0) is 17.4. The lowest BCUT2D eigenvalue weighted by Gasteiger charge is -2.40. The van der Waals surface area contributed by atoms with Crippen molar-refractivity contribution in [1.82, 2.24) is 19.4 Å². The summed E-state index contributed by atoms with van der Waals surface area (Å²) in [4.78, 5) is 35.4. The molecule has 1 atom stereocenters. The maximum Gasteiger partial charge on any atom is 0.270 e. The van der Waals surface area contributed by atoms with Crippen molar-refractivity contribution in [3.8, 4) is 0 Å². The van der Waals surface area contributed by atoms with Crippen LogP contribution in [0.1, 0.15) is 10.5 Å². The van der Waals surface area contributed by atoms with Crippen molar-refractivity contribution in [3.63, 3.8) is 0 Å². The van der Waals surface area contributed by atoms with Crippen molar-refractivity contribution >= 4 is 17.6 Å². The Morgan fingerprint density at radius 2 is 1.92 bits per heavy atom. The summed E-state index contributed by atoms with van der Waals surface area (Å²) in [6, 6.07) is 9.06. The molecule has 2 aromatic rings. The van der Waals surface area contributed by atoms with E-state index in [2.05, 4.69) is 9.88 Å². The lowest BCUT2D eigenvalue weighted by molar-refractivity contribution is -0.136. The Morgan fingerprint density at radius 3 is 2.64 bits per heavy atom. The second kappa shape index (κ2) is 6.23. The smallest absolute Gasteiger partial charge is 0.270 e. The van der Waals surface area contributed by atoms with Gasteiger partial charge in [0.1, 0.15) is 17.6 Å². The Balaban J connectivity index is 1.43. The molecule has 25 heavy (non-hydrogen) atoms. The third kappa shape index (κ3) is 2.75. The molecule has 0 aliphatic carbocycles. The molecule has 0 aromatic carbocycles. The van der Waals surface area contributed by atoms with Crippen molar-refractivity contribution in [2.24, 2.45) is 0 Å². The highest BCUT2D eigenvalue weighted by molar-refractivity contribution is 5.97. The first kappa shape index (κ1) is 15.7. The molecule has 2 aliphatic heterocycles. The van der Waals surface area contributed by atoms with Gasteiger partial charge in [-0.1, -0.05) is 6.07 Å². The number of pyridine rings is 1. The van der Waals surface area contributed by atoms with Gasteiger partial charge in [0.2, 0.25) is 5.91 Å². The third-order valence-electron chi connectivity index (χ3n) is 5.06. The van der Waals surface area contributed by atoms with Gasteiger partial charge in [-0.05, 0) is 24.3 Å². The molecule has 0 N–H and O–H groups in total. The van der Waals surface area contributed by atoms with Gasteiger partial charge in [-0.15, -0.1) is 0 Å². The number of carbonyl (C=O) groups excluding carboxylic acids is 2. The number of anilines is 1. The molecule has 0 spiro atoms. The standard InChI is InChI=1S/C18H21N5O2/c1-20-15(13-23-8-4-5-14(23)17(20)24)18(25)22-11-9-21(10-12-22)16-6-2-3-7-19-16/h2-8,15H,9-13H2,1H3. The van der Waals surface area contributed by atoms with E-state index >= 15 is 0 Å². The predicted octanol–water partition coefficient (Wildman–Crippen LogP) is 0.686. The molecule has 4 heterocycles. The van der Waals surface area contributed by atoms with Crippen LogP contribution in [-0.4, -0.2) is 70.4 Å². The maximum absolute atomic E-state index is 13.0. The summed E-state index contributed by atoms with van der Waals surface area (Å²) in [5.74, 6) is 0.870. The summed E-state index contributed by atoms with van der Waals surface area (Å²) in [6.07, 6.45) is 3.64. The zero-order valence-electron chi connectivity index (χ0n) is 14.2. The Bertz CT molecular complexity index is 780. The van der Waals surface area contributed by atoms with Gasteiger partial charge in [0.15, 0.2) is 0 Å². The molecule has 0 bridgehead atoms. The molecular weight excluding hydrogens is 318 g/mol. The minimum atomic E-state index is -0.436. The van der Waals surface area contributed by atoms with E-state index in [0.717, 1.165) is 18.9 Å². The molecule has 130 valence electrons. The predicted molar refractivity (Wildman–Crippen MR) is 93.3 cm³/mol. The highest BCUT2D eigenvalue weighted by Crippen LogP contribution is 2.20. The third-order valence-corrected chi connectivity index (χ3v) is 5.06. The molecule has 7 nitrogen and oxygen atoms in total. The van der Waals surface area contributed by atoms with Crippen LogP contribution in [0.4, 0.5) is 5.82 Å². The van der Waals surface area contributed by atoms with Crippen LogP contribution in [-0.2, 0) is 11.3 Å². The first-order chi connectivity index (χ1) is 12.1. The number of likely N-dealkylation sites (N-methyl/N-ethyl adjacent to an activating group) is 1. The number of hydrogen-bond acceptors (Lipinski definition) is 4. The van der Waals surface area contributed by atoms with Crippen LogP contribution < -0.4 is 4.90 Å². The average molecular weight is 339 g/mol. The van der Waals surface area contributed by atoms with Crippen LogP contribution in [0.5, 0.6) is 0 Å². The normalized spacial score (nSPS) is 20.6. The van der Waals surface area contributed by atoms with Crippen molar-refractivity contribution < 1.29 is 9.59 Å². The summed E-state index contributed by atoms with van der Waals surface area (Å²) in [7, 11) is 1.71. The SMILES string of the molecule is CN1C(=O)c2cccn2CC1C(=O)N1CCN(c2ccccn2)CC1. The van der Waals surface area contributed by atoms with Gasteiger partial charge >= 0.3 is 0 Å². The van der Waals surface area contributed by atoms with Crippen LogP contribution in [0.25, 0.3) is 0 Å². The largest absolute Gasteiger partial charge is 0.353 e. The van der Waals surface area contributed by atoms with Crippen molar-refractivity contribution in [2.75, 3.05) is 38.1 Å². The van der Waals surface area contributed by atoms with E-state index in [0.29, 0.717) is 25.3 Å². The summed E-state index contributed by atoms with van der Waals surface area (Å²) in [6.45, 7) is 3.31. The van der Waals surface area contributed by atoms with E-state index in [-0.39, 0.29) is 11.8 Å². The molecule has 2 aliphatic rings. The first-order valence-corrected chi connectivity index (χ1v) is 8.52. The van der Waals surface area contributed by atoms with Crippen molar-refractivity contribution in [1.29, 1.82) is 0 Å².